The van der Waals surface area contributed by atoms with Gasteiger partial charge >= 0.3 is 0 Å². The minimum atomic E-state index is -0.312. The van der Waals surface area contributed by atoms with Gasteiger partial charge in [0.1, 0.15) is 5.82 Å². The van der Waals surface area contributed by atoms with Gasteiger partial charge in [-0.1, -0.05) is 0 Å². The molecule has 2 amide bonds. The molecule has 0 radical (unpaired) electrons. The van der Waals surface area contributed by atoms with Gasteiger partial charge in [0, 0.05) is 23.3 Å². The summed E-state index contributed by atoms with van der Waals surface area (Å²) in [5.74, 6) is 0.152. The second-order valence-corrected chi connectivity index (χ2v) is 5.89. The number of pyridine rings is 1. The summed E-state index contributed by atoms with van der Waals surface area (Å²) in [6, 6.07) is 3.37. The molecule has 116 valence electrons. The molecule has 1 rings (SSSR count). The van der Waals surface area contributed by atoms with Crippen molar-refractivity contribution in [3.63, 3.8) is 0 Å². The van der Waals surface area contributed by atoms with Crippen LogP contribution in [0, 0.1) is 6.92 Å². The molecule has 0 saturated carbocycles. The van der Waals surface area contributed by atoms with Gasteiger partial charge in [-0.05, 0) is 46.8 Å². The monoisotopic (exact) mass is 292 g/mol. The first kappa shape index (κ1) is 16.9. The van der Waals surface area contributed by atoms with Crippen molar-refractivity contribution in [2.75, 3.05) is 18.4 Å². The van der Waals surface area contributed by atoms with E-state index in [9.17, 15) is 9.59 Å². The molecular weight excluding hydrogens is 268 g/mol. The van der Waals surface area contributed by atoms with Gasteiger partial charge in [-0.25, -0.2) is 4.98 Å². The number of hydrogen-bond acceptors (Lipinski definition) is 4. The van der Waals surface area contributed by atoms with Crippen LogP contribution in [-0.2, 0) is 4.79 Å². The van der Waals surface area contributed by atoms with Crippen molar-refractivity contribution in [1.29, 1.82) is 0 Å². The molecule has 21 heavy (non-hydrogen) atoms. The van der Waals surface area contributed by atoms with Crippen molar-refractivity contribution in [2.24, 2.45) is 0 Å². The van der Waals surface area contributed by atoms with Crippen molar-refractivity contribution < 1.29 is 9.59 Å². The number of carbonyl (C=O) groups is 2. The predicted molar refractivity (Wildman–Crippen MR) is 83.4 cm³/mol. The lowest BCUT2D eigenvalue weighted by Gasteiger charge is -2.20. The summed E-state index contributed by atoms with van der Waals surface area (Å²) >= 11 is 0. The Bertz CT molecular complexity index is 521. The second kappa shape index (κ2) is 7.06. The molecule has 0 aliphatic rings. The maximum atomic E-state index is 12.1. The molecule has 1 aromatic rings. The van der Waals surface area contributed by atoms with Crippen LogP contribution in [0.15, 0.2) is 12.1 Å². The van der Waals surface area contributed by atoms with Crippen molar-refractivity contribution in [3.05, 3.63) is 23.4 Å². The van der Waals surface area contributed by atoms with Crippen LogP contribution in [0.1, 0.15) is 43.7 Å². The van der Waals surface area contributed by atoms with E-state index >= 15 is 0 Å². The number of amides is 2. The van der Waals surface area contributed by atoms with E-state index in [4.69, 9.17) is 0 Å². The Balaban J connectivity index is 2.65. The molecule has 0 aliphatic heterocycles. The van der Waals surface area contributed by atoms with Crippen LogP contribution in [-0.4, -0.2) is 35.4 Å². The van der Waals surface area contributed by atoms with Crippen LogP contribution < -0.4 is 16.0 Å². The molecule has 0 atom stereocenters. The molecule has 6 heteroatoms. The lowest BCUT2D eigenvalue weighted by molar-refractivity contribution is -0.121. The van der Waals surface area contributed by atoms with Gasteiger partial charge in [0.2, 0.25) is 5.91 Å². The normalized spacial score (nSPS) is 10.9. The summed E-state index contributed by atoms with van der Waals surface area (Å²) in [6.07, 6.45) is 0. The SMILES string of the molecule is CCNc1cc(C(=O)NCC(=O)NC(C)(C)C)cc(C)n1. The maximum Gasteiger partial charge on any atom is 0.251 e. The molecule has 6 nitrogen and oxygen atoms in total. The van der Waals surface area contributed by atoms with E-state index in [0.29, 0.717) is 11.4 Å². The topological polar surface area (TPSA) is 83.1 Å². The number of anilines is 1. The zero-order valence-corrected chi connectivity index (χ0v) is 13.3. The zero-order valence-electron chi connectivity index (χ0n) is 13.3. The number of aryl methyl sites for hydroxylation is 1. The number of rotatable bonds is 5. The van der Waals surface area contributed by atoms with E-state index in [1.54, 1.807) is 12.1 Å². The minimum Gasteiger partial charge on any atom is -0.370 e. The molecule has 0 unspecified atom stereocenters. The molecule has 0 bridgehead atoms. The Morgan fingerprint density at radius 2 is 1.90 bits per heavy atom. The summed E-state index contributed by atoms with van der Waals surface area (Å²) in [5.41, 5.74) is 0.924. The summed E-state index contributed by atoms with van der Waals surface area (Å²) in [4.78, 5) is 28.0. The Morgan fingerprint density at radius 3 is 2.48 bits per heavy atom. The van der Waals surface area contributed by atoms with Crippen LogP contribution in [0.25, 0.3) is 0 Å². The highest BCUT2D eigenvalue weighted by Gasteiger charge is 2.15. The lowest BCUT2D eigenvalue weighted by Crippen LogP contribution is -2.45. The highest BCUT2D eigenvalue weighted by Crippen LogP contribution is 2.10. The third-order valence-electron chi connectivity index (χ3n) is 2.50. The van der Waals surface area contributed by atoms with Crippen molar-refractivity contribution in [1.82, 2.24) is 15.6 Å². The van der Waals surface area contributed by atoms with E-state index in [-0.39, 0.29) is 23.9 Å². The first-order chi connectivity index (χ1) is 9.71. The van der Waals surface area contributed by atoms with Gasteiger partial charge in [-0.15, -0.1) is 0 Å². The lowest BCUT2D eigenvalue weighted by atomic mass is 10.1. The van der Waals surface area contributed by atoms with Crippen LogP contribution in [0.5, 0.6) is 0 Å². The van der Waals surface area contributed by atoms with Crippen molar-refractivity contribution >= 4 is 17.6 Å². The number of hydrogen-bond donors (Lipinski definition) is 3. The second-order valence-electron chi connectivity index (χ2n) is 5.89. The first-order valence-electron chi connectivity index (χ1n) is 7.03. The summed E-state index contributed by atoms with van der Waals surface area (Å²) in [7, 11) is 0. The number of nitrogens with one attached hydrogen (secondary N) is 3. The number of aromatic nitrogens is 1. The van der Waals surface area contributed by atoms with Crippen molar-refractivity contribution in [2.45, 2.75) is 40.2 Å². The summed E-state index contributed by atoms with van der Waals surface area (Å²) in [5, 5.41) is 8.47. The van der Waals surface area contributed by atoms with Crippen molar-refractivity contribution in [3.8, 4) is 0 Å². The van der Waals surface area contributed by atoms with Crippen LogP contribution in [0.4, 0.5) is 5.82 Å². The molecule has 0 aromatic carbocycles. The molecule has 0 saturated heterocycles. The number of carbonyl (C=O) groups excluding carboxylic acids is 2. The van der Waals surface area contributed by atoms with Crippen LogP contribution >= 0.6 is 0 Å². The van der Waals surface area contributed by atoms with Gasteiger partial charge in [0.05, 0.1) is 6.54 Å². The highest BCUT2D eigenvalue weighted by molar-refractivity contribution is 5.97. The Kier molecular flexibility index (Phi) is 5.69. The standard InChI is InChI=1S/C15H24N4O2/c1-6-16-12-8-11(7-10(2)18-12)14(21)17-9-13(20)19-15(3,4)5/h7-8H,6,9H2,1-5H3,(H,16,18)(H,17,21)(H,19,20). The van der Waals surface area contributed by atoms with Gasteiger partial charge < -0.3 is 16.0 Å². The predicted octanol–water partition coefficient (Wildman–Crippen LogP) is 1.47. The summed E-state index contributed by atoms with van der Waals surface area (Å²) < 4.78 is 0. The third-order valence-corrected chi connectivity index (χ3v) is 2.50. The maximum absolute atomic E-state index is 12.1. The average Bonchev–Trinajstić information content (AvgIpc) is 2.33. The zero-order chi connectivity index (χ0) is 16.0. The summed E-state index contributed by atoms with van der Waals surface area (Å²) in [6.45, 7) is 10.1. The fourth-order valence-electron chi connectivity index (χ4n) is 1.80. The quantitative estimate of drug-likeness (QED) is 0.767. The molecule has 1 aromatic heterocycles. The smallest absolute Gasteiger partial charge is 0.251 e. The van der Waals surface area contributed by atoms with Crippen LogP contribution in [0.2, 0.25) is 0 Å². The largest absolute Gasteiger partial charge is 0.370 e. The van der Waals surface area contributed by atoms with E-state index < -0.39 is 0 Å². The van der Waals surface area contributed by atoms with Gasteiger partial charge in [0.25, 0.3) is 5.91 Å². The fraction of sp³-hybridized carbons (Fsp3) is 0.533. The molecule has 0 spiro atoms. The third kappa shape index (κ3) is 6.25. The van der Waals surface area contributed by atoms with Crippen LogP contribution in [0.3, 0.4) is 0 Å². The Labute approximate surface area is 125 Å². The fourth-order valence-corrected chi connectivity index (χ4v) is 1.80. The van der Waals surface area contributed by atoms with Gasteiger partial charge in [-0.3, -0.25) is 9.59 Å². The van der Waals surface area contributed by atoms with E-state index in [1.165, 1.54) is 0 Å². The molecule has 0 aliphatic carbocycles. The molecule has 3 N–H and O–H groups in total. The molecule has 0 fully saturated rings. The van der Waals surface area contributed by atoms with E-state index in [2.05, 4.69) is 20.9 Å². The highest BCUT2D eigenvalue weighted by atomic mass is 16.2. The average molecular weight is 292 g/mol. The number of nitrogens with zero attached hydrogens (tertiary/aromatic N) is 1. The van der Waals surface area contributed by atoms with E-state index in [0.717, 1.165) is 12.2 Å². The first-order valence-corrected chi connectivity index (χ1v) is 7.03. The Hall–Kier alpha value is -2.11. The van der Waals surface area contributed by atoms with E-state index in [1.807, 2.05) is 34.6 Å². The molecular formula is C15H24N4O2. The van der Waals surface area contributed by atoms with Gasteiger partial charge in [0.15, 0.2) is 0 Å². The Morgan fingerprint density at radius 1 is 1.24 bits per heavy atom. The molecule has 1 heterocycles. The van der Waals surface area contributed by atoms with Gasteiger partial charge in [-0.2, -0.15) is 0 Å². The minimum absolute atomic E-state index is 0.0476.